The summed E-state index contributed by atoms with van der Waals surface area (Å²) in [6.07, 6.45) is 3.19. The molecule has 0 aliphatic carbocycles. The molecule has 29 heavy (non-hydrogen) atoms. The van der Waals surface area contributed by atoms with Gasteiger partial charge in [-0.1, -0.05) is 30.3 Å². The van der Waals surface area contributed by atoms with Crippen molar-refractivity contribution in [3.63, 3.8) is 0 Å². The molecule has 6 nitrogen and oxygen atoms in total. The van der Waals surface area contributed by atoms with Crippen molar-refractivity contribution in [3.05, 3.63) is 35.9 Å². The van der Waals surface area contributed by atoms with Crippen LogP contribution in [0.4, 0.5) is 4.79 Å². The van der Waals surface area contributed by atoms with E-state index in [4.69, 9.17) is 4.74 Å². The van der Waals surface area contributed by atoms with E-state index in [2.05, 4.69) is 29.6 Å². The number of ether oxygens (including phenoxy) is 1. The van der Waals surface area contributed by atoms with Gasteiger partial charge in [-0.3, -0.25) is 9.69 Å². The van der Waals surface area contributed by atoms with Crippen LogP contribution in [-0.4, -0.2) is 67.2 Å². The molecule has 0 aromatic heterocycles. The number of likely N-dealkylation sites (N-methyl/N-ethyl adjacent to an activating group) is 1. The standard InChI is InChI=1S/C23H37N3O3/c1-23(2,3)29-22(28)26-15-13-19(12-11-18-9-7-6-8-10-18)17-20(26)21(27)24-14-16-25(4)5/h6-10,19-20H,11-17H2,1-5H3,(H,24,27). The van der Waals surface area contributed by atoms with Crippen LogP contribution in [0.5, 0.6) is 0 Å². The number of benzene rings is 1. The summed E-state index contributed by atoms with van der Waals surface area (Å²) >= 11 is 0. The third-order valence-corrected chi connectivity index (χ3v) is 5.18. The van der Waals surface area contributed by atoms with Crippen molar-refractivity contribution in [3.8, 4) is 0 Å². The van der Waals surface area contributed by atoms with E-state index < -0.39 is 17.7 Å². The number of nitrogens with one attached hydrogen (secondary N) is 1. The lowest BCUT2D eigenvalue weighted by molar-refractivity contribution is -0.128. The van der Waals surface area contributed by atoms with Gasteiger partial charge in [0.15, 0.2) is 0 Å². The second-order valence-corrected chi connectivity index (χ2v) is 9.20. The van der Waals surface area contributed by atoms with Crippen molar-refractivity contribution in [1.82, 2.24) is 15.1 Å². The molecule has 0 saturated carbocycles. The number of rotatable bonds is 7. The third kappa shape index (κ3) is 8.05. The topological polar surface area (TPSA) is 61.9 Å². The van der Waals surface area contributed by atoms with Gasteiger partial charge >= 0.3 is 6.09 Å². The minimum atomic E-state index is -0.576. The lowest BCUT2D eigenvalue weighted by atomic mass is 9.86. The monoisotopic (exact) mass is 403 g/mol. The zero-order valence-electron chi connectivity index (χ0n) is 18.6. The van der Waals surface area contributed by atoms with E-state index in [-0.39, 0.29) is 5.91 Å². The molecule has 2 atom stereocenters. The molecular weight excluding hydrogens is 366 g/mol. The van der Waals surface area contributed by atoms with E-state index in [1.165, 1.54) is 5.56 Å². The first kappa shape index (κ1) is 23.2. The van der Waals surface area contributed by atoms with Gasteiger partial charge in [0.1, 0.15) is 11.6 Å². The molecule has 1 fully saturated rings. The van der Waals surface area contributed by atoms with E-state index in [1.54, 1.807) is 4.90 Å². The molecule has 162 valence electrons. The van der Waals surface area contributed by atoms with Gasteiger partial charge in [0.25, 0.3) is 0 Å². The largest absolute Gasteiger partial charge is 0.444 e. The van der Waals surface area contributed by atoms with Gasteiger partial charge < -0.3 is 15.0 Å². The molecule has 1 aromatic carbocycles. The molecule has 6 heteroatoms. The molecule has 1 N–H and O–H groups in total. The summed E-state index contributed by atoms with van der Waals surface area (Å²) in [4.78, 5) is 29.3. The van der Waals surface area contributed by atoms with E-state index >= 15 is 0 Å². The van der Waals surface area contributed by atoms with Crippen molar-refractivity contribution in [2.75, 3.05) is 33.7 Å². The summed E-state index contributed by atoms with van der Waals surface area (Å²) in [6.45, 7) is 7.44. The molecule has 1 aliphatic heterocycles. The zero-order chi connectivity index (χ0) is 21.4. The fourth-order valence-corrected chi connectivity index (χ4v) is 3.62. The van der Waals surface area contributed by atoms with Crippen LogP contribution in [0.3, 0.4) is 0 Å². The number of amides is 2. The number of likely N-dealkylation sites (tertiary alicyclic amines) is 1. The van der Waals surface area contributed by atoms with Crippen LogP contribution in [0, 0.1) is 5.92 Å². The fourth-order valence-electron chi connectivity index (χ4n) is 3.62. The van der Waals surface area contributed by atoms with Gasteiger partial charge in [0.2, 0.25) is 5.91 Å². The average Bonchev–Trinajstić information content (AvgIpc) is 2.65. The molecule has 0 bridgehead atoms. The Morgan fingerprint density at radius 1 is 1.21 bits per heavy atom. The Hall–Kier alpha value is -2.08. The first-order valence-electron chi connectivity index (χ1n) is 10.6. The number of nitrogens with zero attached hydrogens (tertiary/aromatic N) is 2. The van der Waals surface area contributed by atoms with Gasteiger partial charge in [0.05, 0.1) is 0 Å². The molecule has 1 aromatic rings. The van der Waals surface area contributed by atoms with Crippen molar-refractivity contribution < 1.29 is 14.3 Å². The van der Waals surface area contributed by atoms with Crippen molar-refractivity contribution in [1.29, 1.82) is 0 Å². The highest BCUT2D eigenvalue weighted by Gasteiger charge is 2.38. The number of carbonyl (C=O) groups excluding carboxylic acids is 2. The summed E-state index contributed by atoms with van der Waals surface area (Å²) in [6, 6.07) is 9.95. The Morgan fingerprint density at radius 3 is 2.52 bits per heavy atom. The molecular formula is C23H37N3O3. The van der Waals surface area contributed by atoms with E-state index in [0.717, 1.165) is 25.8 Å². The Bertz CT molecular complexity index is 655. The summed E-state index contributed by atoms with van der Waals surface area (Å²) in [5, 5.41) is 3.00. The smallest absolute Gasteiger partial charge is 0.410 e. The molecule has 0 radical (unpaired) electrons. The Morgan fingerprint density at radius 2 is 1.90 bits per heavy atom. The molecule has 1 heterocycles. The van der Waals surface area contributed by atoms with Crippen LogP contribution in [0.25, 0.3) is 0 Å². The van der Waals surface area contributed by atoms with E-state index in [0.29, 0.717) is 25.4 Å². The highest BCUT2D eigenvalue weighted by molar-refractivity contribution is 5.86. The van der Waals surface area contributed by atoms with Crippen LogP contribution >= 0.6 is 0 Å². The van der Waals surface area contributed by atoms with Gasteiger partial charge in [-0.15, -0.1) is 0 Å². The number of hydrogen-bond acceptors (Lipinski definition) is 4. The Balaban J connectivity index is 2.01. The number of piperidine rings is 1. The van der Waals surface area contributed by atoms with Crippen LogP contribution in [0.15, 0.2) is 30.3 Å². The predicted octanol–water partition coefficient (Wildman–Crippen LogP) is 3.31. The Labute approximate surface area is 175 Å². The third-order valence-electron chi connectivity index (χ3n) is 5.18. The maximum atomic E-state index is 12.9. The van der Waals surface area contributed by atoms with Gasteiger partial charge in [-0.25, -0.2) is 4.79 Å². The second kappa shape index (κ2) is 10.6. The zero-order valence-corrected chi connectivity index (χ0v) is 18.6. The van der Waals surface area contributed by atoms with Crippen LogP contribution in [-0.2, 0) is 16.0 Å². The lowest BCUT2D eigenvalue weighted by Crippen LogP contribution is -2.55. The summed E-state index contributed by atoms with van der Waals surface area (Å²) < 4.78 is 5.56. The van der Waals surface area contributed by atoms with Crippen LogP contribution < -0.4 is 5.32 Å². The van der Waals surface area contributed by atoms with E-state index in [1.807, 2.05) is 45.8 Å². The number of carbonyl (C=O) groups is 2. The summed E-state index contributed by atoms with van der Waals surface area (Å²) in [7, 11) is 3.94. The maximum Gasteiger partial charge on any atom is 0.410 e. The number of aryl methyl sites for hydroxylation is 1. The van der Waals surface area contributed by atoms with E-state index in [9.17, 15) is 9.59 Å². The maximum absolute atomic E-state index is 12.9. The van der Waals surface area contributed by atoms with Crippen LogP contribution in [0.1, 0.15) is 45.6 Å². The SMILES string of the molecule is CN(C)CCNC(=O)C1CC(CCc2ccccc2)CCN1C(=O)OC(C)(C)C. The van der Waals surface area contributed by atoms with Gasteiger partial charge in [-0.2, -0.15) is 0 Å². The molecule has 2 unspecified atom stereocenters. The molecule has 0 spiro atoms. The highest BCUT2D eigenvalue weighted by atomic mass is 16.6. The molecule has 1 saturated heterocycles. The van der Waals surface area contributed by atoms with Crippen molar-refractivity contribution >= 4 is 12.0 Å². The quantitative estimate of drug-likeness (QED) is 0.759. The molecule has 2 rings (SSSR count). The minimum Gasteiger partial charge on any atom is -0.444 e. The van der Waals surface area contributed by atoms with Gasteiger partial charge in [-0.05, 0) is 72.0 Å². The van der Waals surface area contributed by atoms with Crippen molar-refractivity contribution in [2.24, 2.45) is 5.92 Å². The second-order valence-electron chi connectivity index (χ2n) is 9.20. The Kier molecular flexibility index (Phi) is 8.50. The predicted molar refractivity (Wildman–Crippen MR) is 116 cm³/mol. The first-order valence-corrected chi connectivity index (χ1v) is 10.6. The fraction of sp³-hybridized carbons (Fsp3) is 0.652. The van der Waals surface area contributed by atoms with Gasteiger partial charge in [0, 0.05) is 19.6 Å². The van der Waals surface area contributed by atoms with Crippen molar-refractivity contribution in [2.45, 2.75) is 58.1 Å². The summed E-state index contributed by atoms with van der Waals surface area (Å²) in [5.74, 6) is 0.334. The first-order chi connectivity index (χ1) is 13.7. The number of hydrogen-bond donors (Lipinski definition) is 1. The summed E-state index contributed by atoms with van der Waals surface area (Å²) in [5.41, 5.74) is 0.738. The normalized spacial score (nSPS) is 19.9. The molecule has 2 amide bonds. The van der Waals surface area contributed by atoms with Crippen LogP contribution in [0.2, 0.25) is 0 Å². The average molecular weight is 404 g/mol. The minimum absolute atomic E-state index is 0.0814. The highest BCUT2D eigenvalue weighted by Crippen LogP contribution is 2.28. The molecule has 1 aliphatic rings. The lowest BCUT2D eigenvalue weighted by Gasteiger charge is -2.39.